The minimum Gasteiger partial charge on any atom is -0.461 e. The highest BCUT2D eigenvalue weighted by atomic mass is 19.4. The third-order valence-corrected chi connectivity index (χ3v) is 10.1. The summed E-state index contributed by atoms with van der Waals surface area (Å²) in [6, 6.07) is 0.302. The number of imide groups is 1. The molecule has 0 unspecified atom stereocenters. The number of fused-ring (bicyclic) bond motifs is 2. The second-order valence-electron chi connectivity index (χ2n) is 13.2. The minimum absolute atomic E-state index is 0.00398. The lowest BCUT2D eigenvalue weighted by Crippen LogP contribution is -2.59. The Bertz CT molecular complexity index is 1790. The van der Waals surface area contributed by atoms with Gasteiger partial charge in [-0.3, -0.25) is 15.0 Å². The largest absolute Gasteiger partial charge is 0.461 e. The number of nitrogen functional groups attached to an aromatic ring is 1. The molecule has 5 aliphatic heterocycles. The molecule has 15 heteroatoms. The monoisotopic (exact) mass is 669 g/mol. The zero-order valence-electron chi connectivity index (χ0n) is 26.4. The highest BCUT2D eigenvalue weighted by Gasteiger charge is 2.50. The zero-order chi connectivity index (χ0) is 34.0. The fraction of sp³-hybridized carbons (Fsp3) is 0.515. The van der Waals surface area contributed by atoms with E-state index in [0.717, 1.165) is 44.0 Å². The summed E-state index contributed by atoms with van der Waals surface area (Å²) in [5.41, 5.74) is 3.41. The van der Waals surface area contributed by atoms with Gasteiger partial charge in [-0.15, -0.1) is 5.92 Å². The number of carbonyl (C=O) groups is 2. The van der Waals surface area contributed by atoms with E-state index in [-0.39, 0.29) is 37.7 Å². The van der Waals surface area contributed by atoms with E-state index in [0.29, 0.717) is 36.5 Å². The summed E-state index contributed by atoms with van der Waals surface area (Å²) >= 11 is 0. The van der Waals surface area contributed by atoms with E-state index in [1.807, 2.05) is 4.90 Å². The smallest absolute Gasteiger partial charge is 0.418 e. The van der Waals surface area contributed by atoms with Crippen LogP contribution in [-0.4, -0.2) is 70.7 Å². The molecule has 0 bridgehead atoms. The number of nitrogens with two attached hydrogens (primary N) is 1. The number of carbonyl (C=O) groups excluding carboxylic acids is 2. The molecule has 1 spiro atoms. The molecule has 3 amide bonds. The molecule has 4 fully saturated rings. The van der Waals surface area contributed by atoms with Crippen LogP contribution in [0.1, 0.15) is 73.1 Å². The Kier molecular flexibility index (Phi) is 7.78. The number of hydrogen-bond acceptors (Lipinski definition) is 9. The predicted molar refractivity (Wildman–Crippen MR) is 165 cm³/mol. The lowest BCUT2D eigenvalue weighted by molar-refractivity contribution is -0.140. The standard InChI is InChI=1S/C33H35F4N7O4/c1-3-6-19-11-21(38)26(34)24(25(19)33(35,36)37)23-12-22-20(15-47-23)27(43-9-5-8-32(16-43)28(45)41-29(46)42-32)40-30(39-22)48-17-31-7-4-10-44(31)14-18(2)13-31/h11,23H,2,4-5,7-10,12-17,38H2,1H3,(H2,41,42,45,46)/t23-,31-,32+/m1/s1. The Morgan fingerprint density at radius 1 is 1.23 bits per heavy atom. The molecule has 6 heterocycles. The molecule has 3 atom stereocenters. The van der Waals surface area contributed by atoms with E-state index in [9.17, 15) is 22.8 Å². The van der Waals surface area contributed by atoms with Crippen molar-refractivity contribution >= 4 is 23.4 Å². The van der Waals surface area contributed by atoms with E-state index >= 15 is 4.39 Å². The van der Waals surface area contributed by atoms with Crippen LogP contribution in [0.3, 0.4) is 0 Å². The summed E-state index contributed by atoms with van der Waals surface area (Å²) in [6.07, 6.45) is -2.97. The fourth-order valence-corrected chi connectivity index (χ4v) is 7.98. The van der Waals surface area contributed by atoms with Crippen molar-refractivity contribution in [3.05, 3.63) is 52.0 Å². The van der Waals surface area contributed by atoms with E-state index in [1.54, 1.807) is 0 Å². The van der Waals surface area contributed by atoms with Gasteiger partial charge in [0.1, 0.15) is 18.0 Å². The van der Waals surface area contributed by atoms with Crippen molar-refractivity contribution in [3.8, 4) is 17.9 Å². The van der Waals surface area contributed by atoms with Crippen molar-refractivity contribution in [2.75, 3.05) is 43.4 Å². The molecule has 5 aliphatic rings. The number of piperidine rings is 1. The van der Waals surface area contributed by atoms with E-state index in [2.05, 4.69) is 38.9 Å². The quantitative estimate of drug-likeness (QED) is 0.143. The summed E-state index contributed by atoms with van der Waals surface area (Å²) in [5.74, 6) is 3.55. The first-order valence-electron chi connectivity index (χ1n) is 15.9. The molecular formula is C33H35F4N7O4. The normalized spacial score (nSPS) is 27.0. The van der Waals surface area contributed by atoms with Crippen LogP contribution < -0.4 is 26.0 Å². The van der Waals surface area contributed by atoms with Crippen LogP contribution in [0.25, 0.3) is 0 Å². The number of urea groups is 1. The van der Waals surface area contributed by atoms with Crippen LogP contribution in [0.5, 0.6) is 6.01 Å². The maximum Gasteiger partial charge on any atom is 0.418 e. The van der Waals surface area contributed by atoms with Crippen molar-refractivity contribution in [3.63, 3.8) is 0 Å². The molecule has 0 saturated carbocycles. The molecule has 4 N–H and O–H groups in total. The highest BCUT2D eigenvalue weighted by molar-refractivity contribution is 6.07. The van der Waals surface area contributed by atoms with Crippen molar-refractivity contribution in [2.24, 2.45) is 0 Å². The Morgan fingerprint density at radius 2 is 2.02 bits per heavy atom. The molecule has 2 aromatic rings. The van der Waals surface area contributed by atoms with E-state index in [1.165, 1.54) is 6.92 Å². The van der Waals surface area contributed by atoms with Crippen LogP contribution in [0, 0.1) is 17.7 Å². The minimum atomic E-state index is -4.95. The Labute approximate surface area is 274 Å². The number of amides is 3. The average Bonchev–Trinajstić information content (AvgIpc) is 3.64. The number of ether oxygens (including phenoxy) is 2. The maximum absolute atomic E-state index is 15.6. The third-order valence-electron chi connectivity index (χ3n) is 10.1. The topological polar surface area (TPSA) is 135 Å². The fourth-order valence-electron chi connectivity index (χ4n) is 7.98. The Balaban J connectivity index is 1.29. The average molecular weight is 670 g/mol. The summed E-state index contributed by atoms with van der Waals surface area (Å²) in [6.45, 7) is 7.82. The number of aromatic nitrogens is 2. The molecule has 1 aromatic carbocycles. The zero-order valence-corrected chi connectivity index (χ0v) is 26.4. The first kappa shape index (κ1) is 32.1. The number of benzene rings is 1. The van der Waals surface area contributed by atoms with Crippen LogP contribution in [0.4, 0.5) is 33.9 Å². The number of anilines is 2. The number of halogens is 4. The van der Waals surface area contributed by atoms with Crippen LogP contribution in [0.15, 0.2) is 18.2 Å². The second kappa shape index (κ2) is 11.6. The van der Waals surface area contributed by atoms with E-state index in [4.69, 9.17) is 20.2 Å². The van der Waals surface area contributed by atoms with Crippen LogP contribution in [0.2, 0.25) is 0 Å². The van der Waals surface area contributed by atoms with Gasteiger partial charge >= 0.3 is 18.2 Å². The molecular weight excluding hydrogens is 634 g/mol. The second-order valence-corrected chi connectivity index (χ2v) is 13.2. The van der Waals surface area contributed by atoms with Gasteiger partial charge in [0.25, 0.3) is 5.91 Å². The lowest BCUT2D eigenvalue weighted by Gasteiger charge is -2.40. The number of nitrogens with one attached hydrogen (secondary N) is 2. The van der Waals surface area contributed by atoms with Gasteiger partial charge in [0.05, 0.1) is 41.7 Å². The molecule has 48 heavy (non-hydrogen) atoms. The van der Waals surface area contributed by atoms with Gasteiger partial charge in [-0.25, -0.2) is 9.18 Å². The molecule has 11 nitrogen and oxygen atoms in total. The van der Waals surface area contributed by atoms with Gasteiger partial charge in [0.2, 0.25) is 0 Å². The summed E-state index contributed by atoms with van der Waals surface area (Å²) < 4.78 is 71.4. The summed E-state index contributed by atoms with van der Waals surface area (Å²) in [4.78, 5) is 38.6. The molecule has 254 valence electrons. The summed E-state index contributed by atoms with van der Waals surface area (Å²) in [7, 11) is 0. The number of nitrogens with zero attached hydrogens (tertiary/aromatic N) is 4. The third kappa shape index (κ3) is 5.40. The number of hydrogen-bond donors (Lipinski definition) is 3. The van der Waals surface area contributed by atoms with E-state index < -0.39 is 58.0 Å². The molecule has 1 aromatic heterocycles. The van der Waals surface area contributed by atoms with Gasteiger partial charge in [-0.1, -0.05) is 18.1 Å². The first-order valence-corrected chi connectivity index (χ1v) is 15.9. The molecule has 4 saturated heterocycles. The maximum atomic E-state index is 15.6. The van der Waals surface area contributed by atoms with Crippen molar-refractivity contribution in [1.29, 1.82) is 0 Å². The van der Waals surface area contributed by atoms with Crippen LogP contribution >= 0.6 is 0 Å². The van der Waals surface area contributed by atoms with Crippen LogP contribution in [-0.2, 0) is 28.7 Å². The first-order chi connectivity index (χ1) is 22.8. The number of alkyl halides is 3. The molecule has 0 radical (unpaired) electrons. The van der Waals surface area contributed by atoms with Crippen molar-refractivity contribution in [2.45, 2.75) is 75.4 Å². The van der Waals surface area contributed by atoms with Gasteiger partial charge in [0, 0.05) is 36.2 Å². The molecule has 0 aliphatic carbocycles. The summed E-state index contributed by atoms with van der Waals surface area (Å²) in [5, 5.41) is 5.05. The van der Waals surface area contributed by atoms with Gasteiger partial charge in [-0.2, -0.15) is 23.1 Å². The van der Waals surface area contributed by atoms with Crippen molar-refractivity contribution < 1.29 is 36.6 Å². The lowest BCUT2D eigenvalue weighted by atomic mass is 9.88. The van der Waals surface area contributed by atoms with Gasteiger partial charge < -0.3 is 25.4 Å². The van der Waals surface area contributed by atoms with Gasteiger partial charge in [-0.05, 0) is 51.6 Å². The number of rotatable bonds is 5. The van der Waals surface area contributed by atoms with Crippen molar-refractivity contribution in [1.82, 2.24) is 25.5 Å². The van der Waals surface area contributed by atoms with Gasteiger partial charge in [0.15, 0.2) is 5.82 Å². The highest BCUT2D eigenvalue weighted by Crippen LogP contribution is 2.45. The Morgan fingerprint density at radius 3 is 2.75 bits per heavy atom. The predicted octanol–water partition coefficient (Wildman–Crippen LogP) is 3.75. The Hall–Kier alpha value is -4.42. The molecule has 7 rings (SSSR count). The SMILES string of the molecule is C=C1CN2CCC[C@]2(COc2nc3c(c(N4CCC[C@@]5(C4)NC(=O)NC5=O)n2)CO[C@@H](c2c(F)c(N)cc(C#CC)c2C(F)(F)F)C3)C1.